The first kappa shape index (κ1) is 11.1. The summed E-state index contributed by atoms with van der Waals surface area (Å²) in [6.45, 7) is 0. The molecule has 2 aliphatic heterocycles. The van der Waals surface area contributed by atoms with Gasteiger partial charge in [0, 0.05) is 5.92 Å². The van der Waals surface area contributed by atoms with Gasteiger partial charge >= 0.3 is 11.4 Å². The van der Waals surface area contributed by atoms with Crippen molar-refractivity contribution in [1.29, 1.82) is 5.26 Å². The molecule has 0 saturated heterocycles. The van der Waals surface area contributed by atoms with Crippen LogP contribution in [0.4, 0.5) is 0 Å². The van der Waals surface area contributed by atoms with E-state index in [1.165, 1.54) is 4.57 Å². The fourth-order valence-electron chi connectivity index (χ4n) is 6.90. The molecular formula is C17H12N4O2. The lowest BCUT2D eigenvalue weighted by molar-refractivity contribution is 0.0819. The second kappa shape index (κ2) is 2.82. The summed E-state index contributed by atoms with van der Waals surface area (Å²) in [4.78, 5) is 26.0. The van der Waals surface area contributed by atoms with E-state index in [4.69, 9.17) is 0 Å². The first-order valence-corrected chi connectivity index (χ1v) is 8.16. The first-order chi connectivity index (χ1) is 11.2. The van der Waals surface area contributed by atoms with Gasteiger partial charge in [-0.3, -0.25) is 0 Å². The van der Waals surface area contributed by atoms with Crippen LogP contribution in [0.25, 0.3) is 5.69 Å². The van der Waals surface area contributed by atoms with Crippen molar-refractivity contribution in [3.8, 4) is 11.8 Å². The molecule has 0 amide bonds. The Balaban J connectivity index is 1.58. The van der Waals surface area contributed by atoms with Gasteiger partial charge in [-0.15, -0.1) is 0 Å². The van der Waals surface area contributed by atoms with Crippen LogP contribution in [0.15, 0.2) is 39.9 Å². The number of para-hydroxylation sites is 1. The number of nitrogens with zero attached hydrogens (tertiary/aromatic N) is 4. The van der Waals surface area contributed by atoms with Crippen molar-refractivity contribution in [3.63, 3.8) is 0 Å². The topological polar surface area (TPSA) is 72.7 Å². The molecule has 1 aromatic carbocycles. The molecule has 0 N–H and O–H groups in total. The van der Waals surface area contributed by atoms with Crippen molar-refractivity contribution in [3.05, 3.63) is 51.3 Å². The van der Waals surface area contributed by atoms with E-state index in [2.05, 4.69) is 6.07 Å². The van der Waals surface area contributed by atoms with Crippen molar-refractivity contribution in [1.82, 2.24) is 13.9 Å². The summed E-state index contributed by atoms with van der Waals surface area (Å²) in [5, 5.41) is 9.77. The maximum absolute atomic E-state index is 13.0. The lowest BCUT2D eigenvalue weighted by Crippen LogP contribution is -2.48. The molecule has 1 aromatic heterocycles. The number of hydrogen-bond donors (Lipinski definition) is 0. The Morgan fingerprint density at radius 1 is 0.957 bits per heavy atom. The van der Waals surface area contributed by atoms with Gasteiger partial charge in [0.1, 0.15) is 0 Å². The van der Waals surface area contributed by atoms with Gasteiger partial charge in [0.25, 0.3) is 0 Å². The molecule has 0 radical (unpaired) electrons. The van der Waals surface area contributed by atoms with Crippen LogP contribution in [0.3, 0.4) is 0 Å². The summed E-state index contributed by atoms with van der Waals surface area (Å²) in [6, 6.07) is 11.6. The van der Waals surface area contributed by atoms with Gasteiger partial charge in [-0.1, -0.05) is 18.2 Å². The van der Waals surface area contributed by atoms with E-state index in [-0.39, 0.29) is 28.9 Å². The summed E-state index contributed by atoms with van der Waals surface area (Å²) in [5.41, 5.74) is -0.259. The van der Waals surface area contributed by atoms with Crippen LogP contribution in [-0.4, -0.2) is 13.9 Å². The second-order valence-electron chi connectivity index (χ2n) is 7.69. The smallest absolute Gasteiger partial charge is 0.245 e. The zero-order valence-corrected chi connectivity index (χ0v) is 12.0. The van der Waals surface area contributed by atoms with Gasteiger partial charge in [0.2, 0.25) is 0 Å². The van der Waals surface area contributed by atoms with Crippen molar-refractivity contribution in [2.75, 3.05) is 0 Å². The predicted molar refractivity (Wildman–Crippen MR) is 77.9 cm³/mol. The molecular weight excluding hydrogens is 292 g/mol. The van der Waals surface area contributed by atoms with Crippen LogP contribution in [-0.2, 0) is 0 Å². The molecule has 3 heterocycles. The maximum atomic E-state index is 13.0. The van der Waals surface area contributed by atoms with E-state index in [1.54, 1.807) is 21.5 Å². The first-order valence-electron chi connectivity index (χ1n) is 8.16. The molecule has 8 unspecified atom stereocenters. The van der Waals surface area contributed by atoms with Gasteiger partial charge in [-0.25, -0.2) is 23.5 Å². The molecule has 4 saturated carbocycles. The molecule has 23 heavy (non-hydrogen) atoms. The van der Waals surface area contributed by atoms with Crippen LogP contribution in [0.5, 0.6) is 0 Å². The van der Waals surface area contributed by atoms with Crippen LogP contribution in [0.1, 0.15) is 12.1 Å². The summed E-state index contributed by atoms with van der Waals surface area (Å²) in [5.74, 6) is 2.33. The summed E-state index contributed by atoms with van der Waals surface area (Å²) >= 11 is 0. The van der Waals surface area contributed by atoms with E-state index in [1.807, 2.05) is 18.2 Å². The second-order valence-corrected chi connectivity index (χ2v) is 7.69. The molecule has 0 spiro atoms. The number of hydrogen-bond acceptors (Lipinski definition) is 3. The average molecular weight is 304 g/mol. The Morgan fingerprint density at radius 3 is 2.43 bits per heavy atom. The molecule has 2 bridgehead atoms. The number of benzene rings is 1. The third-order valence-corrected chi connectivity index (χ3v) is 7.36. The van der Waals surface area contributed by atoms with E-state index in [0.29, 0.717) is 35.3 Å². The highest BCUT2D eigenvalue weighted by atomic mass is 16.2. The SMILES string of the molecule is N#CC12C3C4C5C4C1n1c(=O)n(-c4ccccc4)c(=O)n1C5C32. The molecule has 4 fully saturated rings. The molecule has 6 heteroatoms. The minimum absolute atomic E-state index is 0.0739. The average Bonchev–Trinajstić information content (AvgIpc) is 3.36. The van der Waals surface area contributed by atoms with Crippen LogP contribution >= 0.6 is 0 Å². The molecule has 8 atom stereocenters. The maximum Gasteiger partial charge on any atom is 0.352 e. The summed E-state index contributed by atoms with van der Waals surface area (Å²) in [6.07, 6.45) is 0. The van der Waals surface area contributed by atoms with Crippen LogP contribution in [0, 0.1) is 46.3 Å². The third kappa shape index (κ3) is 0.792. The molecule has 112 valence electrons. The van der Waals surface area contributed by atoms with E-state index in [9.17, 15) is 14.9 Å². The Morgan fingerprint density at radius 2 is 1.70 bits per heavy atom. The Hall–Kier alpha value is -2.55. The summed E-state index contributed by atoms with van der Waals surface area (Å²) < 4.78 is 4.62. The zero-order chi connectivity index (χ0) is 15.2. The highest BCUT2D eigenvalue weighted by molar-refractivity contribution is 5.48. The van der Waals surface area contributed by atoms with Crippen molar-refractivity contribution in [2.45, 2.75) is 12.1 Å². The Kier molecular flexibility index (Phi) is 1.36. The largest absolute Gasteiger partial charge is 0.352 e. The summed E-state index contributed by atoms with van der Waals surface area (Å²) in [7, 11) is 0. The molecule has 8 rings (SSSR count). The standard InChI is InChI=1S/C17H12N4O2/c18-6-17-11-8-9-10(8)14(17)21-16(23)19(7-4-2-1-3-5-7)15(22)20(21)13(9)12(11)17/h1-5,8-14H. The molecule has 6 nitrogen and oxygen atoms in total. The minimum atomic E-state index is -0.353. The normalized spacial score (nSPS) is 48.0. The minimum Gasteiger partial charge on any atom is -0.245 e. The fourth-order valence-corrected chi connectivity index (χ4v) is 6.90. The van der Waals surface area contributed by atoms with Gasteiger partial charge in [0.15, 0.2) is 0 Å². The lowest BCUT2D eigenvalue weighted by atomic mass is 9.80. The predicted octanol–water partition coefficient (Wildman–Crippen LogP) is 0.542. The fraction of sp³-hybridized carbons (Fsp3) is 0.471. The number of nitriles is 1. The Labute approximate surface area is 130 Å². The van der Waals surface area contributed by atoms with E-state index < -0.39 is 0 Å². The van der Waals surface area contributed by atoms with Gasteiger partial charge in [0.05, 0.1) is 29.3 Å². The highest BCUT2D eigenvalue weighted by Crippen LogP contribution is 2.96. The van der Waals surface area contributed by atoms with Crippen molar-refractivity contribution < 1.29 is 0 Å². The van der Waals surface area contributed by atoms with Gasteiger partial charge in [-0.05, 0) is 35.8 Å². The quantitative estimate of drug-likeness (QED) is 0.772. The van der Waals surface area contributed by atoms with Gasteiger partial charge in [-0.2, -0.15) is 5.26 Å². The lowest BCUT2D eigenvalue weighted by Gasteiger charge is -2.39. The monoisotopic (exact) mass is 304 g/mol. The van der Waals surface area contributed by atoms with E-state index >= 15 is 0 Å². The number of rotatable bonds is 1. The van der Waals surface area contributed by atoms with Crippen LogP contribution < -0.4 is 11.4 Å². The number of aromatic nitrogens is 3. The highest BCUT2D eigenvalue weighted by Gasteiger charge is 2.97. The third-order valence-electron chi connectivity index (χ3n) is 7.36. The molecule has 4 aliphatic carbocycles. The van der Waals surface area contributed by atoms with Crippen molar-refractivity contribution in [2.24, 2.45) is 35.0 Å². The van der Waals surface area contributed by atoms with Gasteiger partial charge < -0.3 is 0 Å². The van der Waals surface area contributed by atoms with Crippen LogP contribution in [0.2, 0.25) is 0 Å². The van der Waals surface area contributed by atoms with Crippen molar-refractivity contribution >= 4 is 0 Å². The Bertz CT molecular complexity index is 1090. The molecule has 2 aromatic rings. The zero-order valence-electron chi connectivity index (χ0n) is 12.0. The van der Waals surface area contributed by atoms with E-state index in [0.717, 1.165) is 0 Å². The molecule has 6 aliphatic rings.